The van der Waals surface area contributed by atoms with Gasteiger partial charge < -0.3 is 9.88 Å². The first-order chi connectivity index (χ1) is 16.8. The highest BCUT2D eigenvalue weighted by Gasteiger charge is 2.28. The van der Waals surface area contributed by atoms with Crippen LogP contribution in [-0.2, 0) is 17.9 Å². The quantitative estimate of drug-likeness (QED) is 0.448. The second kappa shape index (κ2) is 9.33. The van der Waals surface area contributed by atoms with Crippen LogP contribution in [0.15, 0.2) is 53.5 Å². The third-order valence-corrected chi connectivity index (χ3v) is 7.95. The molecule has 6 heteroatoms. The molecule has 1 saturated carbocycles. The van der Waals surface area contributed by atoms with Crippen molar-refractivity contribution < 1.29 is 4.79 Å². The third kappa shape index (κ3) is 4.38. The highest BCUT2D eigenvalue weighted by molar-refractivity contribution is 6.07. The standard InChI is InChI=1S/C29H34N4O2/c1-18-12-13-20(3)22(14-18)16-32-26-11-6-5-9-23(26)24-15-30-33(29(35)28(24)32)17-27(34)31-25-10-7-8-19(2)21(25)4/h5-6,9,11-15,19,21,25H,7-8,10,16-17H2,1-4H3,(H,31,34)/t19-,21-,25+/m0/s1. The molecule has 2 aromatic carbocycles. The first kappa shape index (κ1) is 23.3. The molecule has 0 radical (unpaired) electrons. The number of fused-ring (bicyclic) bond motifs is 3. The number of carbonyl (C=O) groups is 1. The molecule has 5 rings (SSSR count). The molecule has 0 bridgehead atoms. The van der Waals surface area contributed by atoms with Crippen LogP contribution >= 0.6 is 0 Å². The summed E-state index contributed by atoms with van der Waals surface area (Å²) in [4.78, 5) is 26.6. The van der Waals surface area contributed by atoms with Crippen molar-refractivity contribution in [3.05, 3.63) is 75.7 Å². The van der Waals surface area contributed by atoms with Crippen molar-refractivity contribution in [2.75, 3.05) is 0 Å². The van der Waals surface area contributed by atoms with Crippen LogP contribution in [0.1, 0.15) is 49.8 Å². The Balaban J connectivity index is 1.53. The first-order valence-corrected chi connectivity index (χ1v) is 12.7. The molecule has 1 aliphatic rings. The highest BCUT2D eigenvalue weighted by Crippen LogP contribution is 2.30. The summed E-state index contributed by atoms with van der Waals surface area (Å²) < 4.78 is 3.39. The summed E-state index contributed by atoms with van der Waals surface area (Å²) in [5.74, 6) is 0.870. The van der Waals surface area contributed by atoms with Gasteiger partial charge in [-0.3, -0.25) is 9.59 Å². The smallest absolute Gasteiger partial charge is 0.291 e. The van der Waals surface area contributed by atoms with E-state index in [-0.39, 0.29) is 24.1 Å². The predicted molar refractivity (Wildman–Crippen MR) is 141 cm³/mol. The van der Waals surface area contributed by atoms with Gasteiger partial charge in [-0.2, -0.15) is 5.10 Å². The molecule has 0 unspecified atom stereocenters. The summed E-state index contributed by atoms with van der Waals surface area (Å²) in [5.41, 5.74) is 4.90. The van der Waals surface area contributed by atoms with Gasteiger partial charge in [-0.15, -0.1) is 0 Å². The number of carbonyl (C=O) groups excluding carboxylic acids is 1. The van der Waals surface area contributed by atoms with Crippen molar-refractivity contribution in [2.45, 2.75) is 66.1 Å². The number of aromatic nitrogens is 3. The highest BCUT2D eigenvalue weighted by atomic mass is 16.2. The first-order valence-electron chi connectivity index (χ1n) is 12.7. The number of amides is 1. The molecule has 1 aliphatic carbocycles. The number of hydrogen-bond acceptors (Lipinski definition) is 3. The Morgan fingerprint density at radius 3 is 2.71 bits per heavy atom. The molecule has 2 heterocycles. The lowest BCUT2D eigenvalue weighted by atomic mass is 9.78. The lowest BCUT2D eigenvalue weighted by Gasteiger charge is -2.34. The topological polar surface area (TPSA) is 68.9 Å². The predicted octanol–water partition coefficient (Wildman–Crippen LogP) is 4.96. The Hall–Kier alpha value is -3.41. The van der Waals surface area contributed by atoms with Gasteiger partial charge in [-0.05, 0) is 49.3 Å². The number of aryl methyl sites for hydroxylation is 2. The van der Waals surface area contributed by atoms with Crippen LogP contribution in [0.2, 0.25) is 0 Å². The van der Waals surface area contributed by atoms with Gasteiger partial charge in [-0.1, -0.05) is 68.7 Å². The molecule has 4 aromatic rings. The normalized spacial score (nSPS) is 20.4. The van der Waals surface area contributed by atoms with Crippen molar-refractivity contribution in [2.24, 2.45) is 11.8 Å². The maximum absolute atomic E-state index is 13.7. The number of benzene rings is 2. The van der Waals surface area contributed by atoms with Crippen molar-refractivity contribution in [3.63, 3.8) is 0 Å². The second-order valence-electron chi connectivity index (χ2n) is 10.3. The minimum atomic E-state index is -0.232. The van der Waals surface area contributed by atoms with E-state index >= 15 is 0 Å². The van der Waals surface area contributed by atoms with Gasteiger partial charge in [0.2, 0.25) is 5.91 Å². The number of rotatable bonds is 5. The Bertz CT molecular complexity index is 1470. The summed E-state index contributed by atoms with van der Waals surface area (Å²) in [6.45, 7) is 9.14. The van der Waals surface area contributed by atoms with E-state index in [2.05, 4.69) is 60.9 Å². The Labute approximate surface area is 206 Å². The van der Waals surface area contributed by atoms with E-state index in [1.165, 1.54) is 27.8 Å². The average molecular weight is 471 g/mol. The Morgan fingerprint density at radius 2 is 1.89 bits per heavy atom. The molecular weight excluding hydrogens is 436 g/mol. The van der Waals surface area contributed by atoms with Gasteiger partial charge in [-0.25, -0.2) is 4.68 Å². The summed E-state index contributed by atoms with van der Waals surface area (Å²) in [5, 5.41) is 9.40. The van der Waals surface area contributed by atoms with E-state index in [4.69, 9.17) is 0 Å². The van der Waals surface area contributed by atoms with Gasteiger partial charge >= 0.3 is 0 Å². The van der Waals surface area contributed by atoms with Crippen LogP contribution in [0.25, 0.3) is 21.8 Å². The summed E-state index contributed by atoms with van der Waals surface area (Å²) in [7, 11) is 0. The Morgan fingerprint density at radius 1 is 1.09 bits per heavy atom. The van der Waals surface area contributed by atoms with Crippen LogP contribution in [0.3, 0.4) is 0 Å². The van der Waals surface area contributed by atoms with Gasteiger partial charge in [0.15, 0.2) is 0 Å². The van der Waals surface area contributed by atoms with Gasteiger partial charge in [0.05, 0.1) is 6.20 Å². The zero-order chi connectivity index (χ0) is 24.7. The van der Waals surface area contributed by atoms with Gasteiger partial charge in [0.1, 0.15) is 12.1 Å². The van der Waals surface area contributed by atoms with Crippen molar-refractivity contribution >= 4 is 27.7 Å². The number of nitrogens with zero attached hydrogens (tertiary/aromatic N) is 3. The average Bonchev–Trinajstić information content (AvgIpc) is 3.15. The number of para-hydroxylation sites is 1. The van der Waals surface area contributed by atoms with Crippen LogP contribution in [0, 0.1) is 25.7 Å². The van der Waals surface area contributed by atoms with E-state index < -0.39 is 0 Å². The second-order valence-corrected chi connectivity index (χ2v) is 10.3. The molecular formula is C29H34N4O2. The molecule has 1 fully saturated rings. The van der Waals surface area contributed by atoms with Gasteiger partial charge in [0, 0.05) is 28.9 Å². The van der Waals surface area contributed by atoms with Crippen LogP contribution < -0.4 is 10.9 Å². The molecule has 3 atom stereocenters. The maximum Gasteiger partial charge on any atom is 0.291 e. The molecule has 6 nitrogen and oxygen atoms in total. The van der Waals surface area contributed by atoms with Crippen LogP contribution in [0.5, 0.6) is 0 Å². The van der Waals surface area contributed by atoms with Crippen molar-refractivity contribution in [3.8, 4) is 0 Å². The number of nitrogens with one attached hydrogen (secondary N) is 1. The molecule has 35 heavy (non-hydrogen) atoms. The van der Waals surface area contributed by atoms with E-state index in [1.54, 1.807) is 6.20 Å². The van der Waals surface area contributed by atoms with E-state index in [0.29, 0.717) is 23.9 Å². The monoisotopic (exact) mass is 470 g/mol. The summed E-state index contributed by atoms with van der Waals surface area (Å²) in [6, 6.07) is 14.6. The zero-order valence-corrected chi connectivity index (χ0v) is 21.0. The largest absolute Gasteiger partial charge is 0.351 e. The Kier molecular flexibility index (Phi) is 6.22. The summed E-state index contributed by atoms with van der Waals surface area (Å²) in [6.07, 6.45) is 5.05. The third-order valence-electron chi connectivity index (χ3n) is 7.95. The van der Waals surface area contributed by atoms with E-state index in [0.717, 1.165) is 29.1 Å². The minimum absolute atomic E-state index is 0.0721. The maximum atomic E-state index is 13.7. The van der Waals surface area contributed by atoms with E-state index in [9.17, 15) is 9.59 Å². The molecule has 1 amide bonds. The minimum Gasteiger partial charge on any atom is -0.351 e. The van der Waals surface area contributed by atoms with Crippen molar-refractivity contribution in [1.29, 1.82) is 0 Å². The fourth-order valence-corrected chi connectivity index (χ4v) is 5.59. The molecule has 1 N–H and O–H groups in total. The SMILES string of the molecule is Cc1ccc(C)c(Cn2c3ccccc3c3cnn(CC(=O)N[C@@H]4CCC[C@H](C)[C@@H]4C)c(=O)c32)c1. The molecule has 182 valence electrons. The van der Waals surface area contributed by atoms with Crippen molar-refractivity contribution in [1.82, 2.24) is 19.7 Å². The van der Waals surface area contributed by atoms with Gasteiger partial charge in [0.25, 0.3) is 5.56 Å². The lowest BCUT2D eigenvalue weighted by Crippen LogP contribution is -2.45. The fourth-order valence-electron chi connectivity index (χ4n) is 5.59. The number of hydrogen-bond donors (Lipinski definition) is 1. The fraction of sp³-hybridized carbons (Fsp3) is 0.414. The zero-order valence-electron chi connectivity index (χ0n) is 21.0. The summed E-state index contributed by atoms with van der Waals surface area (Å²) >= 11 is 0. The van der Waals surface area contributed by atoms with E-state index in [1.807, 2.05) is 24.3 Å². The van der Waals surface area contributed by atoms with Crippen LogP contribution in [0.4, 0.5) is 0 Å². The molecule has 0 aliphatic heterocycles. The van der Waals surface area contributed by atoms with Crippen LogP contribution in [-0.4, -0.2) is 26.3 Å². The molecule has 0 saturated heterocycles. The lowest BCUT2D eigenvalue weighted by molar-refractivity contribution is -0.123. The molecule has 2 aromatic heterocycles. The molecule has 0 spiro atoms.